The highest BCUT2D eigenvalue weighted by Gasteiger charge is 2.11. The maximum atomic E-state index is 12.4. The Kier molecular flexibility index (Phi) is 6.54. The zero-order valence-electron chi connectivity index (χ0n) is 12.9. The van der Waals surface area contributed by atoms with Gasteiger partial charge in [0.1, 0.15) is 11.5 Å². The van der Waals surface area contributed by atoms with E-state index in [0.29, 0.717) is 15.8 Å². The zero-order valence-corrected chi connectivity index (χ0v) is 14.5. The molecule has 0 bridgehead atoms. The molecule has 0 aliphatic carbocycles. The number of benzene rings is 2. The molecule has 4 nitrogen and oxygen atoms in total. The molecular formula is C17H16BrF2NO3. The summed E-state index contributed by atoms with van der Waals surface area (Å²) in [5.41, 5.74) is 1.29. The van der Waals surface area contributed by atoms with Crippen molar-refractivity contribution in [2.75, 3.05) is 7.11 Å². The highest BCUT2D eigenvalue weighted by atomic mass is 79.9. The fourth-order valence-electron chi connectivity index (χ4n) is 2.08. The molecule has 0 heterocycles. The van der Waals surface area contributed by atoms with E-state index in [4.69, 9.17) is 4.74 Å². The molecule has 0 unspecified atom stereocenters. The number of ether oxygens (including phenoxy) is 2. The van der Waals surface area contributed by atoms with Crippen LogP contribution in [-0.2, 0) is 17.8 Å². The summed E-state index contributed by atoms with van der Waals surface area (Å²) in [5.74, 6) is 0.531. The number of rotatable bonds is 7. The lowest BCUT2D eigenvalue weighted by molar-refractivity contribution is -0.120. The summed E-state index contributed by atoms with van der Waals surface area (Å²) in [6, 6.07) is 11.8. The molecule has 0 saturated carbocycles. The van der Waals surface area contributed by atoms with Crippen LogP contribution in [0.1, 0.15) is 11.1 Å². The Hall–Kier alpha value is -2.15. The minimum atomic E-state index is -2.92. The van der Waals surface area contributed by atoms with Crippen LogP contribution >= 0.6 is 15.9 Å². The molecule has 1 N–H and O–H groups in total. The summed E-state index contributed by atoms with van der Waals surface area (Å²) in [7, 11) is 1.57. The number of methoxy groups -OCH3 is 1. The first kappa shape index (κ1) is 18.2. The molecular weight excluding hydrogens is 384 g/mol. The third-order valence-corrected chi connectivity index (χ3v) is 3.73. The van der Waals surface area contributed by atoms with Crippen molar-refractivity contribution in [1.29, 1.82) is 0 Å². The molecule has 0 aliphatic heterocycles. The van der Waals surface area contributed by atoms with Gasteiger partial charge in [-0.05, 0) is 35.9 Å². The first-order valence-corrected chi connectivity index (χ1v) is 7.90. The van der Waals surface area contributed by atoms with Gasteiger partial charge in [-0.15, -0.1) is 0 Å². The Morgan fingerprint density at radius 2 is 1.92 bits per heavy atom. The summed E-state index contributed by atoms with van der Waals surface area (Å²) in [4.78, 5) is 12.0. The van der Waals surface area contributed by atoms with Crippen molar-refractivity contribution in [1.82, 2.24) is 5.32 Å². The average Bonchev–Trinajstić information content (AvgIpc) is 2.55. The lowest BCUT2D eigenvalue weighted by Gasteiger charge is -2.12. The van der Waals surface area contributed by atoms with Gasteiger partial charge in [0, 0.05) is 16.6 Å². The number of hydrogen-bond acceptors (Lipinski definition) is 3. The van der Waals surface area contributed by atoms with Crippen molar-refractivity contribution in [3.05, 3.63) is 58.1 Å². The van der Waals surface area contributed by atoms with Gasteiger partial charge in [-0.25, -0.2) is 0 Å². The topological polar surface area (TPSA) is 47.6 Å². The van der Waals surface area contributed by atoms with Crippen molar-refractivity contribution < 1.29 is 23.0 Å². The first-order chi connectivity index (χ1) is 11.5. The van der Waals surface area contributed by atoms with Gasteiger partial charge in [-0.1, -0.05) is 28.1 Å². The van der Waals surface area contributed by atoms with Gasteiger partial charge in [0.15, 0.2) is 0 Å². The molecule has 2 aromatic carbocycles. The van der Waals surface area contributed by atoms with Crippen LogP contribution in [0.3, 0.4) is 0 Å². The number of alkyl halides is 2. The molecule has 0 aromatic heterocycles. The van der Waals surface area contributed by atoms with Gasteiger partial charge < -0.3 is 14.8 Å². The number of amides is 1. The summed E-state index contributed by atoms with van der Waals surface area (Å²) < 4.78 is 35.1. The van der Waals surface area contributed by atoms with Crippen LogP contribution in [0.4, 0.5) is 8.78 Å². The molecule has 0 spiro atoms. The molecule has 0 atom stereocenters. The molecule has 1 amide bonds. The largest absolute Gasteiger partial charge is 0.497 e. The summed E-state index contributed by atoms with van der Waals surface area (Å²) in [5, 5.41) is 2.70. The van der Waals surface area contributed by atoms with E-state index in [9.17, 15) is 13.6 Å². The quantitative estimate of drug-likeness (QED) is 0.767. The van der Waals surface area contributed by atoms with Crippen LogP contribution < -0.4 is 14.8 Å². The Balaban J connectivity index is 1.96. The molecule has 0 aliphatic rings. The Morgan fingerprint density at radius 1 is 1.21 bits per heavy atom. The van der Waals surface area contributed by atoms with Gasteiger partial charge >= 0.3 is 6.61 Å². The second kappa shape index (κ2) is 8.63. The third kappa shape index (κ3) is 5.49. The van der Waals surface area contributed by atoms with Crippen LogP contribution in [0, 0.1) is 0 Å². The second-order valence-electron chi connectivity index (χ2n) is 4.93. The van der Waals surface area contributed by atoms with Crippen molar-refractivity contribution in [3.8, 4) is 11.5 Å². The van der Waals surface area contributed by atoms with E-state index in [0.717, 1.165) is 5.56 Å². The molecule has 24 heavy (non-hydrogen) atoms. The molecule has 2 aromatic rings. The van der Waals surface area contributed by atoms with Crippen molar-refractivity contribution >= 4 is 21.8 Å². The van der Waals surface area contributed by atoms with E-state index in [-0.39, 0.29) is 24.6 Å². The average molecular weight is 400 g/mol. The molecule has 2 rings (SSSR count). The summed E-state index contributed by atoms with van der Waals surface area (Å²) >= 11 is 3.27. The Labute approximate surface area is 146 Å². The third-order valence-electron chi connectivity index (χ3n) is 3.24. The standard InChI is InChI=1S/C17H16BrF2NO3/c1-23-14-5-2-11(3-6-14)8-16(22)21-10-12-9-13(18)4-7-15(12)24-17(19)20/h2-7,9,17H,8,10H2,1H3,(H,21,22). The molecule has 7 heteroatoms. The van der Waals surface area contributed by atoms with E-state index >= 15 is 0 Å². The van der Waals surface area contributed by atoms with Gasteiger partial charge in [-0.2, -0.15) is 8.78 Å². The smallest absolute Gasteiger partial charge is 0.387 e. The summed E-state index contributed by atoms with van der Waals surface area (Å²) in [6.45, 7) is -2.82. The highest BCUT2D eigenvalue weighted by Crippen LogP contribution is 2.24. The predicted octanol–water partition coefficient (Wildman–Crippen LogP) is 3.92. The number of carbonyl (C=O) groups is 1. The monoisotopic (exact) mass is 399 g/mol. The number of carbonyl (C=O) groups excluding carboxylic acids is 1. The van der Waals surface area contributed by atoms with Crippen molar-refractivity contribution in [3.63, 3.8) is 0 Å². The van der Waals surface area contributed by atoms with Crippen molar-refractivity contribution in [2.45, 2.75) is 19.6 Å². The minimum absolute atomic E-state index is 0.0398. The van der Waals surface area contributed by atoms with Gasteiger partial charge in [0.05, 0.1) is 13.5 Å². The van der Waals surface area contributed by atoms with Crippen LogP contribution in [0.15, 0.2) is 46.9 Å². The Morgan fingerprint density at radius 3 is 2.54 bits per heavy atom. The normalized spacial score (nSPS) is 10.5. The lowest BCUT2D eigenvalue weighted by atomic mass is 10.1. The highest BCUT2D eigenvalue weighted by molar-refractivity contribution is 9.10. The Bertz CT molecular complexity index is 693. The molecule has 0 radical (unpaired) electrons. The van der Waals surface area contributed by atoms with Gasteiger partial charge in [-0.3, -0.25) is 4.79 Å². The van der Waals surface area contributed by atoms with E-state index in [2.05, 4.69) is 26.0 Å². The minimum Gasteiger partial charge on any atom is -0.497 e. The van der Waals surface area contributed by atoms with Crippen LogP contribution in [0.2, 0.25) is 0 Å². The SMILES string of the molecule is COc1ccc(CC(=O)NCc2cc(Br)ccc2OC(F)F)cc1. The molecule has 128 valence electrons. The van der Waals surface area contributed by atoms with Crippen LogP contribution in [-0.4, -0.2) is 19.6 Å². The van der Waals surface area contributed by atoms with Crippen LogP contribution in [0.25, 0.3) is 0 Å². The van der Waals surface area contributed by atoms with E-state index in [1.54, 1.807) is 43.5 Å². The fraction of sp³-hybridized carbons (Fsp3) is 0.235. The van der Waals surface area contributed by atoms with Gasteiger partial charge in [0.2, 0.25) is 5.91 Å². The van der Waals surface area contributed by atoms with E-state index < -0.39 is 6.61 Å². The molecule has 0 fully saturated rings. The maximum absolute atomic E-state index is 12.4. The lowest BCUT2D eigenvalue weighted by Crippen LogP contribution is -2.25. The molecule has 0 saturated heterocycles. The predicted molar refractivity (Wildman–Crippen MR) is 89.3 cm³/mol. The van der Waals surface area contributed by atoms with E-state index in [1.807, 2.05) is 0 Å². The maximum Gasteiger partial charge on any atom is 0.387 e. The second-order valence-corrected chi connectivity index (χ2v) is 5.85. The summed E-state index contributed by atoms with van der Waals surface area (Å²) in [6.07, 6.45) is 0.184. The van der Waals surface area contributed by atoms with Gasteiger partial charge in [0.25, 0.3) is 0 Å². The number of halogens is 3. The fourth-order valence-corrected chi connectivity index (χ4v) is 2.49. The zero-order chi connectivity index (χ0) is 17.5. The van der Waals surface area contributed by atoms with Crippen molar-refractivity contribution in [2.24, 2.45) is 0 Å². The number of hydrogen-bond donors (Lipinski definition) is 1. The first-order valence-electron chi connectivity index (χ1n) is 7.11. The van der Waals surface area contributed by atoms with Crippen LogP contribution in [0.5, 0.6) is 11.5 Å². The number of nitrogens with one attached hydrogen (secondary N) is 1. The van der Waals surface area contributed by atoms with E-state index in [1.165, 1.54) is 6.07 Å².